The van der Waals surface area contributed by atoms with Gasteiger partial charge in [-0.2, -0.15) is 0 Å². The van der Waals surface area contributed by atoms with Crippen molar-refractivity contribution in [3.63, 3.8) is 0 Å². The fraction of sp³-hybridized carbons (Fsp3) is 0.625. The van der Waals surface area contributed by atoms with Crippen LogP contribution in [0.4, 0.5) is 0 Å². The molecule has 2 saturated carbocycles. The minimum absolute atomic E-state index is 0.0412. The Labute approximate surface area is 162 Å². The Bertz CT molecular complexity index is 771. The first-order chi connectivity index (χ1) is 13.0. The van der Waals surface area contributed by atoms with Crippen molar-refractivity contribution in [3.05, 3.63) is 47.5 Å². The summed E-state index contributed by atoms with van der Waals surface area (Å²) in [6.45, 7) is 9.67. The van der Waals surface area contributed by atoms with E-state index in [9.17, 15) is 4.79 Å². The molecule has 5 atom stereocenters. The normalized spacial score (nSPS) is 38.7. The van der Waals surface area contributed by atoms with Crippen LogP contribution in [0.5, 0.6) is 0 Å². The number of benzene rings is 1. The molecule has 1 aromatic carbocycles. The van der Waals surface area contributed by atoms with E-state index in [2.05, 4.69) is 42.7 Å². The number of rotatable bonds is 2. The van der Waals surface area contributed by atoms with Crippen LogP contribution in [0.1, 0.15) is 50.2 Å². The molecule has 3 fully saturated rings. The summed E-state index contributed by atoms with van der Waals surface area (Å²) in [5.41, 5.74) is 4.60. The van der Waals surface area contributed by atoms with Gasteiger partial charge < -0.3 is 4.74 Å². The second-order valence-corrected chi connectivity index (χ2v) is 9.66. The average Bonchev–Trinajstić information content (AvgIpc) is 2.94. The molecule has 5 rings (SSSR count). The summed E-state index contributed by atoms with van der Waals surface area (Å²) in [6.07, 6.45) is 7.02. The average molecular weight is 366 g/mol. The maximum absolute atomic E-state index is 12.8. The zero-order valence-electron chi connectivity index (χ0n) is 16.5. The maximum atomic E-state index is 12.8. The standard InChI is InChI=1S/C24H31NO2/c1-16-6-5-10-24(2)13-22-19(12-21(16)24)20(23(26)27-22)15-25-11-9-17-7-3-4-8-18(17)14-25/h3-4,7-8,19-22H,1,5-6,9-15H2,2H3/t19-,20+,21+,22+,24+/m0/s1. The monoisotopic (exact) mass is 365 g/mol. The molecule has 0 aromatic heterocycles. The molecule has 0 unspecified atom stereocenters. The molecule has 27 heavy (non-hydrogen) atoms. The van der Waals surface area contributed by atoms with Crippen molar-refractivity contribution >= 4 is 5.97 Å². The molecule has 3 heteroatoms. The number of ether oxygens (including phenoxy) is 1. The Morgan fingerprint density at radius 2 is 2.07 bits per heavy atom. The van der Waals surface area contributed by atoms with Crippen LogP contribution in [0.25, 0.3) is 0 Å². The summed E-state index contributed by atoms with van der Waals surface area (Å²) in [5, 5.41) is 0. The highest BCUT2D eigenvalue weighted by Crippen LogP contribution is 2.57. The van der Waals surface area contributed by atoms with Crippen molar-refractivity contribution in [2.75, 3.05) is 13.1 Å². The Kier molecular flexibility index (Phi) is 4.19. The topological polar surface area (TPSA) is 29.5 Å². The van der Waals surface area contributed by atoms with Crippen LogP contribution in [0.2, 0.25) is 0 Å². The van der Waals surface area contributed by atoms with E-state index in [4.69, 9.17) is 4.74 Å². The van der Waals surface area contributed by atoms with Gasteiger partial charge in [0.2, 0.25) is 0 Å². The van der Waals surface area contributed by atoms with Crippen molar-refractivity contribution in [1.82, 2.24) is 4.90 Å². The number of hydrogen-bond donors (Lipinski definition) is 0. The van der Waals surface area contributed by atoms with Gasteiger partial charge in [-0.1, -0.05) is 43.3 Å². The molecule has 144 valence electrons. The first-order valence-corrected chi connectivity index (χ1v) is 10.7. The predicted molar refractivity (Wildman–Crippen MR) is 106 cm³/mol. The zero-order chi connectivity index (χ0) is 18.6. The fourth-order valence-corrected chi connectivity index (χ4v) is 6.45. The summed E-state index contributed by atoms with van der Waals surface area (Å²) in [7, 11) is 0. The fourth-order valence-electron chi connectivity index (χ4n) is 6.45. The Hall–Kier alpha value is -1.61. The summed E-state index contributed by atoms with van der Waals surface area (Å²) >= 11 is 0. The van der Waals surface area contributed by atoms with Crippen LogP contribution in [0, 0.1) is 23.2 Å². The molecule has 1 aromatic rings. The van der Waals surface area contributed by atoms with Gasteiger partial charge in [0.25, 0.3) is 0 Å². The Balaban J connectivity index is 1.32. The highest BCUT2D eigenvalue weighted by atomic mass is 16.6. The van der Waals surface area contributed by atoms with Crippen LogP contribution in [0.3, 0.4) is 0 Å². The minimum atomic E-state index is 0.0412. The van der Waals surface area contributed by atoms with Gasteiger partial charge in [0.1, 0.15) is 6.10 Å². The number of esters is 1. The molecule has 2 aliphatic carbocycles. The molecule has 0 bridgehead atoms. The molecule has 0 amide bonds. The number of carbonyl (C=O) groups is 1. The van der Waals surface area contributed by atoms with Gasteiger partial charge in [-0.15, -0.1) is 0 Å². The van der Waals surface area contributed by atoms with Gasteiger partial charge in [-0.25, -0.2) is 0 Å². The van der Waals surface area contributed by atoms with Gasteiger partial charge >= 0.3 is 5.97 Å². The third kappa shape index (κ3) is 2.95. The van der Waals surface area contributed by atoms with Crippen molar-refractivity contribution in [2.24, 2.45) is 23.2 Å². The molecule has 2 heterocycles. The van der Waals surface area contributed by atoms with E-state index in [1.54, 1.807) is 0 Å². The molecular formula is C24H31NO2. The molecule has 1 saturated heterocycles. The Morgan fingerprint density at radius 1 is 1.26 bits per heavy atom. The molecule has 0 radical (unpaired) electrons. The van der Waals surface area contributed by atoms with Gasteiger partial charge in [0, 0.05) is 25.6 Å². The van der Waals surface area contributed by atoms with E-state index in [0.29, 0.717) is 11.8 Å². The molecule has 0 N–H and O–H groups in total. The molecule has 4 aliphatic rings. The van der Waals surface area contributed by atoms with E-state index in [0.717, 1.165) is 38.9 Å². The van der Waals surface area contributed by atoms with Crippen molar-refractivity contribution < 1.29 is 9.53 Å². The molecular weight excluding hydrogens is 334 g/mol. The van der Waals surface area contributed by atoms with Gasteiger partial charge in [0.05, 0.1) is 5.92 Å². The second-order valence-electron chi connectivity index (χ2n) is 9.66. The van der Waals surface area contributed by atoms with Crippen LogP contribution in [-0.4, -0.2) is 30.1 Å². The summed E-state index contributed by atoms with van der Waals surface area (Å²) < 4.78 is 5.94. The number of carbonyl (C=O) groups excluding carboxylic acids is 1. The summed E-state index contributed by atoms with van der Waals surface area (Å²) in [5.74, 6) is 1.05. The highest BCUT2D eigenvalue weighted by Gasteiger charge is 2.55. The largest absolute Gasteiger partial charge is 0.462 e. The molecule has 2 aliphatic heterocycles. The van der Waals surface area contributed by atoms with Crippen molar-refractivity contribution in [3.8, 4) is 0 Å². The SMILES string of the molecule is C=C1CCC[C@]2(C)C[C@H]3OC(=O)[C@H](CN4CCc5ccccc5C4)[C@@H]3C[C@H]12. The zero-order valence-corrected chi connectivity index (χ0v) is 16.5. The number of nitrogens with zero attached hydrogens (tertiary/aromatic N) is 1. The van der Waals surface area contributed by atoms with E-state index >= 15 is 0 Å². The lowest BCUT2D eigenvalue weighted by Gasteiger charge is -2.50. The van der Waals surface area contributed by atoms with Gasteiger partial charge in [-0.05, 0) is 61.0 Å². The lowest BCUT2D eigenvalue weighted by atomic mass is 9.55. The number of allylic oxidation sites excluding steroid dienone is 1. The number of fused-ring (bicyclic) bond motifs is 3. The second kappa shape index (κ2) is 6.48. The summed E-state index contributed by atoms with van der Waals surface area (Å²) in [6, 6.07) is 8.72. The first-order valence-electron chi connectivity index (χ1n) is 10.7. The molecule has 0 spiro atoms. The maximum Gasteiger partial charge on any atom is 0.310 e. The van der Waals surface area contributed by atoms with E-state index in [-0.39, 0.29) is 23.4 Å². The first kappa shape index (κ1) is 17.5. The predicted octanol–water partition coefficient (Wildman–Crippen LogP) is 4.36. The van der Waals surface area contributed by atoms with Crippen LogP contribution < -0.4 is 0 Å². The van der Waals surface area contributed by atoms with E-state index < -0.39 is 0 Å². The summed E-state index contributed by atoms with van der Waals surface area (Å²) in [4.78, 5) is 15.3. The quantitative estimate of drug-likeness (QED) is 0.576. The van der Waals surface area contributed by atoms with Crippen molar-refractivity contribution in [2.45, 2.75) is 58.1 Å². The Morgan fingerprint density at radius 3 is 2.93 bits per heavy atom. The third-order valence-electron chi connectivity index (χ3n) is 7.98. The van der Waals surface area contributed by atoms with Crippen LogP contribution in [-0.2, 0) is 22.5 Å². The van der Waals surface area contributed by atoms with E-state index in [1.807, 2.05) is 0 Å². The van der Waals surface area contributed by atoms with E-state index in [1.165, 1.54) is 36.0 Å². The van der Waals surface area contributed by atoms with Gasteiger partial charge in [0.15, 0.2) is 0 Å². The van der Waals surface area contributed by atoms with Crippen LogP contribution in [0.15, 0.2) is 36.4 Å². The minimum Gasteiger partial charge on any atom is -0.462 e. The highest BCUT2D eigenvalue weighted by molar-refractivity contribution is 5.75. The van der Waals surface area contributed by atoms with Crippen LogP contribution >= 0.6 is 0 Å². The lowest BCUT2D eigenvalue weighted by Crippen LogP contribution is -2.46. The molecule has 3 nitrogen and oxygen atoms in total. The van der Waals surface area contributed by atoms with Crippen molar-refractivity contribution in [1.29, 1.82) is 0 Å². The smallest absolute Gasteiger partial charge is 0.310 e. The van der Waals surface area contributed by atoms with Gasteiger partial charge in [-0.3, -0.25) is 9.69 Å². The lowest BCUT2D eigenvalue weighted by molar-refractivity contribution is -0.146. The third-order valence-corrected chi connectivity index (χ3v) is 7.98. The number of hydrogen-bond acceptors (Lipinski definition) is 3.